The largest absolute Gasteiger partial charge is 0.493 e. The van der Waals surface area contributed by atoms with Crippen molar-refractivity contribution in [2.24, 2.45) is 0 Å². The maximum Gasteiger partial charge on any atom is 0.179 e. The summed E-state index contributed by atoms with van der Waals surface area (Å²) in [4.78, 5) is 0. The van der Waals surface area contributed by atoms with Crippen LogP contribution in [0.15, 0.2) is 16.6 Å². The normalized spacial score (nSPS) is 9.82. The first kappa shape index (κ1) is 8.53. The van der Waals surface area contributed by atoms with Crippen molar-refractivity contribution in [3.8, 4) is 5.75 Å². The lowest BCUT2D eigenvalue weighted by Crippen LogP contribution is -1.91. The minimum atomic E-state index is -0.340. The van der Waals surface area contributed by atoms with Crippen molar-refractivity contribution >= 4 is 15.9 Å². The van der Waals surface area contributed by atoms with Crippen LogP contribution in [0.3, 0.4) is 0 Å². The highest BCUT2D eigenvalue weighted by Gasteiger charge is 2.08. The maximum atomic E-state index is 13.1. The van der Waals surface area contributed by atoms with E-state index in [-0.39, 0.29) is 5.82 Å². The standard InChI is InChI=1S/C8H8BrFO/c1-5-3-4-6(9)7(10)8(5)11-2/h3-4H,1-2H3. The lowest BCUT2D eigenvalue weighted by molar-refractivity contribution is 0.382. The minimum absolute atomic E-state index is 0.305. The number of hydrogen-bond acceptors (Lipinski definition) is 1. The molecule has 0 bridgehead atoms. The van der Waals surface area contributed by atoms with Gasteiger partial charge in [0.15, 0.2) is 11.6 Å². The third-order valence-corrected chi connectivity index (χ3v) is 2.06. The van der Waals surface area contributed by atoms with Crippen molar-refractivity contribution in [3.63, 3.8) is 0 Å². The van der Waals surface area contributed by atoms with Crippen LogP contribution in [0.25, 0.3) is 0 Å². The number of ether oxygens (including phenoxy) is 1. The fourth-order valence-electron chi connectivity index (χ4n) is 0.879. The van der Waals surface area contributed by atoms with Gasteiger partial charge in [0, 0.05) is 0 Å². The van der Waals surface area contributed by atoms with Gasteiger partial charge in [0.25, 0.3) is 0 Å². The maximum absolute atomic E-state index is 13.1. The van der Waals surface area contributed by atoms with Gasteiger partial charge in [0.05, 0.1) is 11.6 Å². The van der Waals surface area contributed by atoms with Crippen LogP contribution >= 0.6 is 15.9 Å². The predicted octanol–water partition coefficient (Wildman–Crippen LogP) is 2.91. The van der Waals surface area contributed by atoms with E-state index in [1.165, 1.54) is 7.11 Å². The summed E-state index contributed by atoms with van der Waals surface area (Å²) < 4.78 is 18.4. The van der Waals surface area contributed by atoms with E-state index in [0.29, 0.717) is 10.2 Å². The first-order valence-corrected chi connectivity index (χ1v) is 3.94. The Bertz CT molecular complexity index is 273. The van der Waals surface area contributed by atoms with Gasteiger partial charge in [-0.3, -0.25) is 0 Å². The van der Waals surface area contributed by atoms with E-state index in [0.717, 1.165) is 5.56 Å². The van der Waals surface area contributed by atoms with Crippen molar-refractivity contribution in [2.45, 2.75) is 6.92 Å². The van der Waals surface area contributed by atoms with E-state index < -0.39 is 0 Å². The lowest BCUT2D eigenvalue weighted by atomic mass is 10.2. The zero-order valence-electron chi connectivity index (χ0n) is 6.32. The Morgan fingerprint density at radius 1 is 1.45 bits per heavy atom. The predicted molar refractivity (Wildman–Crippen MR) is 45.4 cm³/mol. The van der Waals surface area contributed by atoms with Crippen molar-refractivity contribution < 1.29 is 9.13 Å². The van der Waals surface area contributed by atoms with Gasteiger partial charge in [0.1, 0.15) is 0 Å². The summed E-state index contributed by atoms with van der Waals surface area (Å²) in [6.07, 6.45) is 0. The molecule has 0 atom stereocenters. The van der Waals surface area contributed by atoms with Crippen LogP contribution in [-0.2, 0) is 0 Å². The number of aryl methyl sites for hydroxylation is 1. The van der Waals surface area contributed by atoms with Gasteiger partial charge in [-0.1, -0.05) is 6.07 Å². The van der Waals surface area contributed by atoms with Crippen LogP contribution in [0, 0.1) is 12.7 Å². The van der Waals surface area contributed by atoms with Crippen LogP contribution < -0.4 is 4.74 Å². The van der Waals surface area contributed by atoms with Gasteiger partial charge in [-0.25, -0.2) is 4.39 Å². The summed E-state index contributed by atoms with van der Waals surface area (Å²) in [6.45, 7) is 1.80. The quantitative estimate of drug-likeness (QED) is 0.705. The molecule has 1 aromatic carbocycles. The Kier molecular flexibility index (Phi) is 2.49. The topological polar surface area (TPSA) is 9.23 Å². The van der Waals surface area contributed by atoms with Crippen LogP contribution in [0.2, 0.25) is 0 Å². The number of hydrogen-bond donors (Lipinski definition) is 0. The van der Waals surface area contributed by atoms with E-state index >= 15 is 0 Å². The Morgan fingerprint density at radius 3 is 2.55 bits per heavy atom. The van der Waals surface area contributed by atoms with Crippen molar-refractivity contribution in [3.05, 3.63) is 28.0 Å². The summed E-state index contributed by atoms with van der Waals surface area (Å²) >= 11 is 3.07. The SMILES string of the molecule is COc1c(C)ccc(Br)c1F. The van der Waals surface area contributed by atoms with E-state index in [9.17, 15) is 4.39 Å². The molecule has 0 heterocycles. The van der Waals surface area contributed by atoms with Gasteiger partial charge in [-0.15, -0.1) is 0 Å². The molecule has 0 radical (unpaired) electrons. The molecular weight excluding hydrogens is 211 g/mol. The molecule has 0 saturated carbocycles. The Hall–Kier alpha value is -0.570. The van der Waals surface area contributed by atoms with E-state index in [4.69, 9.17) is 4.74 Å². The monoisotopic (exact) mass is 218 g/mol. The summed E-state index contributed by atoms with van der Waals surface area (Å²) in [5.41, 5.74) is 0.799. The second kappa shape index (κ2) is 3.22. The number of methoxy groups -OCH3 is 1. The Balaban J connectivity index is 3.29. The molecule has 0 N–H and O–H groups in total. The highest BCUT2D eigenvalue weighted by molar-refractivity contribution is 9.10. The molecule has 0 unspecified atom stereocenters. The van der Waals surface area contributed by atoms with E-state index in [1.54, 1.807) is 19.1 Å². The summed E-state index contributed by atoms with van der Waals surface area (Å²) in [6, 6.07) is 3.46. The number of halogens is 2. The number of rotatable bonds is 1. The molecule has 1 rings (SSSR count). The molecule has 11 heavy (non-hydrogen) atoms. The van der Waals surface area contributed by atoms with Gasteiger partial charge in [0.2, 0.25) is 0 Å². The molecule has 0 aliphatic rings. The van der Waals surface area contributed by atoms with Crippen LogP contribution in [-0.4, -0.2) is 7.11 Å². The summed E-state index contributed by atoms with van der Waals surface area (Å²) in [7, 11) is 1.46. The average Bonchev–Trinajstić information content (AvgIpc) is 1.99. The molecule has 60 valence electrons. The van der Waals surface area contributed by atoms with Gasteiger partial charge >= 0.3 is 0 Å². The average molecular weight is 219 g/mol. The van der Waals surface area contributed by atoms with Gasteiger partial charge < -0.3 is 4.74 Å². The third-order valence-electron chi connectivity index (χ3n) is 1.45. The highest BCUT2D eigenvalue weighted by Crippen LogP contribution is 2.27. The second-order valence-corrected chi connectivity index (χ2v) is 3.07. The van der Waals surface area contributed by atoms with Gasteiger partial charge in [-0.2, -0.15) is 0 Å². The lowest BCUT2D eigenvalue weighted by Gasteiger charge is -2.05. The van der Waals surface area contributed by atoms with Gasteiger partial charge in [-0.05, 0) is 34.5 Å². The Morgan fingerprint density at radius 2 is 2.09 bits per heavy atom. The summed E-state index contributed by atoms with van der Waals surface area (Å²) in [5, 5.41) is 0. The molecule has 1 aromatic rings. The highest BCUT2D eigenvalue weighted by atomic mass is 79.9. The van der Waals surface area contributed by atoms with Crippen molar-refractivity contribution in [1.29, 1.82) is 0 Å². The smallest absolute Gasteiger partial charge is 0.179 e. The number of benzene rings is 1. The van der Waals surface area contributed by atoms with Crippen molar-refractivity contribution in [1.82, 2.24) is 0 Å². The van der Waals surface area contributed by atoms with E-state index in [2.05, 4.69) is 15.9 Å². The van der Waals surface area contributed by atoms with Crippen molar-refractivity contribution in [2.75, 3.05) is 7.11 Å². The molecule has 0 saturated heterocycles. The molecular formula is C8H8BrFO. The molecule has 0 aliphatic carbocycles. The minimum Gasteiger partial charge on any atom is -0.493 e. The fourth-order valence-corrected chi connectivity index (χ4v) is 1.19. The molecule has 0 amide bonds. The first-order chi connectivity index (χ1) is 5.16. The first-order valence-electron chi connectivity index (χ1n) is 3.15. The molecule has 0 fully saturated rings. The zero-order chi connectivity index (χ0) is 8.43. The van der Waals surface area contributed by atoms with Crippen LogP contribution in [0.4, 0.5) is 4.39 Å². The second-order valence-electron chi connectivity index (χ2n) is 2.21. The third kappa shape index (κ3) is 1.53. The Labute approximate surface area is 73.3 Å². The zero-order valence-corrected chi connectivity index (χ0v) is 7.90. The molecule has 0 aromatic heterocycles. The fraction of sp³-hybridized carbons (Fsp3) is 0.250. The van der Waals surface area contributed by atoms with E-state index in [1.807, 2.05) is 0 Å². The molecule has 0 aliphatic heterocycles. The molecule has 3 heteroatoms. The van der Waals surface area contributed by atoms with Crippen LogP contribution in [0.1, 0.15) is 5.56 Å². The summed E-state index contributed by atoms with van der Waals surface area (Å²) in [5.74, 6) is -0.0353. The molecule has 1 nitrogen and oxygen atoms in total. The molecule has 0 spiro atoms. The van der Waals surface area contributed by atoms with Crippen LogP contribution in [0.5, 0.6) is 5.75 Å².